The molecular formula is C9H9ClN2. The van der Waals surface area contributed by atoms with Crippen molar-refractivity contribution >= 4 is 17.3 Å². The predicted molar refractivity (Wildman–Crippen MR) is 49.8 cm³/mol. The molecule has 0 aliphatic heterocycles. The van der Waals surface area contributed by atoms with E-state index in [0.29, 0.717) is 6.42 Å². The van der Waals surface area contributed by atoms with E-state index in [1.807, 2.05) is 18.2 Å². The summed E-state index contributed by atoms with van der Waals surface area (Å²) in [4.78, 5) is 0. The van der Waals surface area contributed by atoms with Crippen LogP contribution in [-0.2, 0) is 6.42 Å². The first-order chi connectivity index (χ1) is 5.72. The van der Waals surface area contributed by atoms with E-state index < -0.39 is 5.38 Å². The van der Waals surface area contributed by atoms with Crippen molar-refractivity contribution in [1.29, 1.82) is 5.26 Å². The fourth-order valence-corrected chi connectivity index (χ4v) is 1.08. The van der Waals surface area contributed by atoms with E-state index in [2.05, 4.69) is 0 Å². The Labute approximate surface area is 76.6 Å². The second-order valence-corrected chi connectivity index (χ2v) is 3.07. The van der Waals surface area contributed by atoms with E-state index >= 15 is 0 Å². The molecule has 0 bridgehead atoms. The summed E-state index contributed by atoms with van der Waals surface area (Å²) in [6.45, 7) is 0. The molecule has 12 heavy (non-hydrogen) atoms. The van der Waals surface area contributed by atoms with Crippen molar-refractivity contribution in [3.63, 3.8) is 0 Å². The molecule has 0 spiro atoms. The normalized spacial score (nSPS) is 12.0. The minimum atomic E-state index is -0.450. The average molecular weight is 181 g/mol. The van der Waals surface area contributed by atoms with Crippen molar-refractivity contribution in [2.24, 2.45) is 0 Å². The van der Waals surface area contributed by atoms with Gasteiger partial charge in [-0.3, -0.25) is 0 Å². The third-order valence-corrected chi connectivity index (χ3v) is 1.79. The second-order valence-electron chi connectivity index (χ2n) is 2.54. The molecule has 0 heterocycles. The van der Waals surface area contributed by atoms with E-state index in [0.717, 1.165) is 11.3 Å². The molecule has 1 atom stereocenters. The van der Waals surface area contributed by atoms with Crippen molar-refractivity contribution in [2.75, 3.05) is 5.73 Å². The molecule has 0 saturated heterocycles. The topological polar surface area (TPSA) is 49.8 Å². The van der Waals surface area contributed by atoms with Gasteiger partial charge in [0.1, 0.15) is 5.38 Å². The van der Waals surface area contributed by atoms with Crippen LogP contribution in [-0.4, -0.2) is 5.38 Å². The van der Waals surface area contributed by atoms with Gasteiger partial charge in [0.2, 0.25) is 0 Å². The number of nitrogens with zero attached hydrogens (tertiary/aromatic N) is 1. The summed E-state index contributed by atoms with van der Waals surface area (Å²) in [5.74, 6) is 0. The standard InChI is InChI=1S/C9H9ClN2/c10-8(6-11)5-7-1-3-9(12)4-2-7/h1-4,8H,5,12H2. The lowest BCUT2D eigenvalue weighted by atomic mass is 10.1. The van der Waals surface area contributed by atoms with Crippen LogP contribution in [0, 0.1) is 11.3 Å². The van der Waals surface area contributed by atoms with Gasteiger partial charge in [-0.2, -0.15) is 5.26 Å². The minimum absolute atomic E-state index is 0.450. The summed E-state index contributed by atoms with van der Waals surface area (Å²) in [5, 5.41) is 7.99. The number of benzene rings is 1. The van der Waals surface area contributed by atoms with Crippen LogP contribution >= 0.6 is 11.6 Å². The highest BCUT2D eigenvalue weighted by atomic mass is 35.5. The molecule has 2 nitrogen and oxygen atoms in total. The summed E-state index contributed by atoms with van der Waals surface area (Å²) >= 11 is 5.65. The summed E-state index contributed by atoms with van der Waals surface area (Å²) in [6, 6.07) is 9.32. The molecule has 2 N–H and O–H groups in total. The number of anilines is 1. The van der Waals surface area contributed by atoms with Gasteiger partial charge in [-0.25, -0.2) is 0 Å². The van der Waals surface area contributed by atoms with E-state index in [1.54, 1.807) is 12.1 Å². The molecule has 0 fully saturated rings. The number of alkyl halides is 1. The quantitative estimate of drug-likeness (QED) is 0.559. The van der Waals surface area contributed by atoms with Gasteiger partial charge in [0.05, 0.1) is 6.07 Å². The SMILES string of the molecule is N#CC(Cl)Cc1ccc(N)cc1. The first-order valence-electron chi connectivity index (χ1n) is 3.60. The fraction of sp³-hybridized carbons (Fsp3) is 0.222. The molecule has 0 aromatic heterocycles. The van der Waals surface area contributed by atoms with Gasteiger partial charge in [-0.15, -0.1) is 11.6 Å². The van der Waals surface area contributed by atoms with Crippen LogP contribution in [0.2, 0.25) is 0 Å². The number of nitrogen functional groups attached to an aromatic ring is 1. The summed E-state index contributed by atoms with van der Waals surface area (Å²) < 4.78 is 0. The molecule has 62 valence electrons. The Bertz CT molecular complexity index is 286. The lowest BCUT2D eigenvalue weighted by Crippen LogP contribution is -1.99. The number of hydrogen-bond acceptors (Lipinski definition) is 2. The summed E-state index contributed by atoms with van der Waals surface area (Å²) in [6.07, 6.45) is 0.568. The third-order valence-electron chi connectivity index (χ3n) is 1.53. The maximum absolute atomic E-state index is 8.44. The van der Waals surface area contributed by atoms with Crippen LogP contribution < -0.4 is 5.73 Å². The molecule has 1 aromatic rings. The number of hydrogen-bond donors (Lipinski definition) is 1. The van der Waals surface area contributed by atoms with E-state index in [4.69, 9.17) is 22.6 Å². The molecular weight excluding hydrogens is 172 g/mol. The van der Waals surface area contributed by atoms with Gasteiger partial charge in [0, 0.05) is 12.1 Å². The Kier molecular flexibility index (Phi) is 2.95. The highest BCUT2D eigenvalue weighted by molar-refractivity contribution is 6.22. The van der Waals surface area contributed by atoms with Crippen LogP contribution in [0.3, 0.4) is 0 Å². The molecule has 0 aliphatic rings. The average Bonchev–Trinajstić information content (AvgIpc) is 2.09. The van der Waals surface area contributed by atoms with Gasteiger partial charge in [0.15, 0.2) is 0 Å². The van der Waals surface area contributed by atoms with Crippen LogP contribution in [0.25, 0.3) is 0 Å². The van der Waals surface area contributed by atoms with Crippen LogP contribution in [0.1, 0.15) is 5.56 Å². The Balaban J connectivity index is 2.66. The number of nitriles is 1. The molecule has 0 saturated carbocycles. The lowest BCUT2D eigenvalue weighted by molar-refractivity contribution is 1.02. The zero-order valence-corrected chi connectivity index (χ0v) is 7.25. The second kappa shape index (κ2) is 3.99. The summed E-state index contributed by atoms with van der Waals surface area (Å²) in [7, 11) is 0. The van der Waals surface area contributed by atoms with Crippen LogP contribution in [0.4, 0.5) is 5.69 Å². The smallest absolute Gasteiger partial charge is 0.124 e. The molecule has 3 heteroatoms. The highest BCUT2D eigenvalue weighted by Gasteiger charge is 2.02. The number of nitrogens with two attached hydrogens (primary N) is 1. The largest absolute Gasteiger partial charge is 0.399 e. The highest BCUT2D eigenvalue weighted by Crippen LogP contribution is 2.10. The number of rotatable bonds is 2. The Morgan fingerprint density at radius 3 is 2.50 bits per heavy atom. The fourth-order valence-electron chi connectivity index (χ4n) is 0.906. The van der Waals surface area contributed by atoms with Crippen molar-refractivity contribution in [2.45, 2.75) is 11.8 Å². The molecule has 0 amide bonds. The van der Waals surface area contributed by atoms with Crippen molar-refractivity contribution in [3.05, 3.63) is 29.8 Å². The predicted octanol–water partition coefficient (Wildman–Crippen LogP) is 1.94. The third kappa shape index (κ3) is 2.44. The maximum atomic E-state index is 8.44. The van der Waals surface area contributed by atoms with Crippen LogP contribution in [0.5, 0.6) is 0 Å². The van der Waals surface area contributed by atoms with Gasteiger partial charge in [0.25, 0.3) is 0 Å². The molecule has 1 unspecified atom stereocenters. The van der Waals surface area contributed by atoms with Gasteiger partial charge in [-0.1, -0.05) is 12.1 Å². The molecule has 0 aliphatic carbocycles. The van der Waals surface area contributed by atoms with Gasteiger partial charge >= 0.3 is 0 Å². The minimum Gasteiger partial charge on any atom is -0.399 e. The monoisotopic (exact) mass is 180 g/mol. The Hall–Kier alpha value is -1.20. The van der Waals surface area contributed by atoms with E-state index in [-0.39, 0.29) is 0 Å². The first kappa shape index (κ1) is 8.89. The van der Waals surface area contributed by atoms with E-state index in [9.17, 15) is 0 Å². The molecule has 0 radical (unpaired) electrons. The maximum Gasteiger partial charge on any atom is 0.124 e. The van der Waals surface area contributed by atoms with Crippen molar-refractivity contribution in [1.82, 2.24) is 0 Å². The Morgan fingerprint density at radius 1 is 1.42 bits per heavy atom. The van der Waals surface area contributed by atoms with Gasteiger partial charge in [-0.05, 0) is 17.7 Å². The van der Waals surface area contributed by atoms with Crippen molar-refractivity contribution in [3.8, 4) is 6.07 Å². The van der Waals surface area contributed by atoms with Crippen molar-refractivity contribution < 1.29 is 0 Å². The summed E-state index contributed by atoms with van der Waals surface area (Å²) in [5.41, 5.74) is 7.25. The van der Waals surface area contributed by atoms with Crippen LogP contribution in [0.15, 0.2) is 24.3 Å². The zero-order valence-electron chi connectivity index (χ0n) is 6.50. The van der Waals surface area contributed by atoms with Gasteiger partial charge < -0.3 is 5.73 Å². The number of halogens is 1. The molecule has 1 rings (SSSR count). The zero-order chi connectivity index (χ0) is 8.97. The molecule has 1 aromatic carbocycles. The Morgan fingerprint density at radius 2 is 2.00 bits per heavy atom. The van der Waals surface area contributed by atoms with E-state index in [1.165, 1.54) is 0 Å². The lowest BCUT2D eigenvalue weighted by Gasteiger charge is -2.00. The first-order valence-corrected chi connectivity index (χ1v) is 4.04.